The molecule has 7 heteroatoms. The second kappa shape index (κ2) is 9.92. The molecule has 0 heterocycles. The lowest BCUT2D eigenvalue weighted by atomic mass is 10.1. The summed E-state index contributed by atoms with van der Waals surface area (Å²) in [6.07, 6.45) is 3.25. The van der Waals surface area contributed by atoms with E-state index in [1.165, 1.54) is 5.56 Å². The number of hydrogen-bond donors (Lipinski definition) is 2. The van der Waals surface area contributed by atoms with Crippen LogP contribution in [0.15, 0.2) is 53.4 Å². The Morgan fingerprint density at radius 2 is 1.70 bits per heavy atom. The number of carbonyl (C=O) groups excluding carboxylic acids is 1. The molecule has 5 nitrogen and oxygen atoms in total. The highest BCUT2D eigenvalue weighted by atomic mass is 32.2. The first kappa shape index (κ1) is 21.5. The fourth-order valence-electron chi connectivity index (χ4n) is 2.51. The molecule has 0 radical (unpaired) electrons. The molecule has 0 fully saturated rings. The van der Waals surface area contributed by atoms with Gasteiger partial charge in [0, 0.05) is 5.69 Å². The number of rotatable bonds is 9. The Morgan fingerprint density at radius 3 is 2.26 bits per heavy atom. The zero-order valence-corrected chi connectivity index (χ0v) is 17.5. The van der Waals surface area contributed by atoms with Crippen molar-refractivity contribution in [2.75, 3.05) is 17.3 Å². The summed E-state index contributed by atoms with van der Waals surface area (Å²) in [5, 5.41) is 2.81. The van der Waals surface area contributed by atoms with Gasteiger partial charge in [0.25, 0.3) is 0 Å². The normalized spacial score (nSPS) is 12.6. The van der Waals surface area contributed by atoms with E-state index in [1.807, 2.05) is 37.4 Å². The van der Waals surface area contributed by atoms with Gasteiger partial charge >= 0.3 is 0 Å². The maximum absolute atomic E-state index is 12.7. The maximum atomic E-state index is 12.7. The Bertz CT molecular complexity index is 848. The number of thioether (sulfide) groups is 1. The molecule has 0 saturated carbocycles. The Labute approximate surface area is 166 Å². The van der Waals surface area contributed by atoms with Crippen LogP contribution in [0.2, 0.25) is 0 Å². The van der Waals surface area contributed by atoms with E-state index in [0.29, 0.717) is 17.9 Å². The van der Waals surface area contributed by atoms with Crippen LogP contribution >= 0.6 is 11.8 Å². The predicted octanol–water partition coefficient (Wildman–Crippen LogP) is 3.60. The lowest BCUT2D eigenvalue weighted by Crippen LogP contribution is -2.44. The summed E-state index contributed by atoms with van der Waals surface area (Å²) in [4.78, 5) is 12.8. The molecular weight excluding hydrogens is 380 g/mol. The number of hydrogen-bond acceptors (Lipinski definition) is 4. The quantitative estimate of drug-likeness (QED) is 0.667. The zero-order chi connectivity index (χ0) is 19.9. The van der Waals surface area contributed by atoms with Crippen molar-refractivity contribution in [3.63, 3.8) is 0 Å². The van der Waals surface area contributed by atoms with Crippen LogP contribution in [0.1, 0.15) is 24.5 Å². The van der Waals surface area contributed by atoms with Crippen molar-refractivity contribution in [3.05, 3.63) is 59.7 Å². The highest BCUT2D eigenvalue weighted by Crippen LogP contribution is 2.15. The molecule has 0 aliphatic rings. The van der Waals surface area contributed by atoms with Crippen LogP contribution in [0.5, 0.6) is 0 Å². The smallest absolute Gasteiger partial charge is 0.242 e. The van der Waals surface area contributed by atoms with Crippen LogP contribution in [-0.4, -0.2) is 32.4 Å². The van der Waals surface area contributed by atoms with Crippen LogP contribution < -0.4 is 10.0 Å². The standard InChI is InChI=1S/C20H26N2O3S2/c1-4-16-7-9-17(10-8-16)21-20(23)19(13-14-26-3)22-27(24,25)18-11-5-15(2)6-12-18/h5-12,19,22H,4,13-14H2,1-3H3,(H,21,23). The monoisotopic (exact) mass is 406 g/mol. The minimum Gasteiger partial charge on any atom is -0.325 e. The van der Waals surface area contributed by atoms with E-state index in [1.54, 1.807) is 36.0 Å². The van der Waals surface area contributed by atoms with Gasteiger partial charge in [-0.05, 0) is 61.6 Å². The van der Waals surface area contributed by atoms with E-state index in [4.69, 9.17) is 0 Å². The van der Waals surface area contributed by atoms with Gasteiger partial charge in [-0.3, -0.25) is 4.79 Å². The van der Waals surface area contributed by atoms with Crippen molar-refractivity contribution in [2.45, 2.75) is 37.6 Å². The summed E-state index contributed by atoms with van der Waals surface area (Å²) < 4.78 is 27.9. The number of amides is 1. The van der Waals surface area contributed by atoms with E-state index in [9.17, 15) is 13.2 Å². The minimum atomic E-state index is -3.77. The first-order chi connectivity index (χ1) is 12.9. The average molecular weight is 407 g/mol. The molecule has 2 aromatic rings. The molecule has 2 N–H and O–H groups in total. The fourth-order valence-corrected chi connectivity index (χ4v) is 4.21. The summed E-state index contributed by atoms with van der Waals surface area (Å²) >= 11 is 1.57. The molecular formula is C20H26N2O3S2. The molecule has 1 atom stereocenters. The zero-order valence-electron chi connectivity index (χ0n) is 15.9. The third-order valence-electron chi connectivity index (χ3n) is 4.19. The molecule has 146 valence electrons. The number of carbonyl (C=O) groups is 1. The third-order valence-corrected chi connectivity index (χ3v) is 6.32. The van der Waals surface area contributed by atoms with Gasteiger partial charge < -0.3 is 5.32 Å². The molecule has 2 rings (SSSR count). The second-order valence-electron chi connectivity index (χ2n) is 6.31. The largest absolute Gasteiger partial charge is 0.325 e. The van der Waals surface area contributed by atoms with Crippen LogP contribution in [0.3, 0.4) is 0 Å². The van der Waals surface area contributed by atoms with Crippen LogP contribution in [-0.2, 0) is 21.2 Å². The van der Waals surface area contributed by atoms with E-state index in [-0.39, 0.29) is 10.8 Å². The van der Waals surface area contributed by atoms with Crippen molar-refractivity contribution in [1.82, 2.24) is 4.72 Å². The van der Waals surface area contributed by atoms with Crippen molar-refractivity contribution < 1.29 is 13.2 Å². The molecule has 0 saturated heterocycles. The summed E-state index contributed by atoms with van der Waals surface area (Å²) in [5.74, 6) is 0.312. The van der Waals surface area contributed by atoms with E-state index < -0.39 is 16.1 Å². The van der Waals surface area contributed by atoms with E-state index in [0.717, 1.165) is 12.0 Å². The highest BCUT2D eigenvalue weighted by Gasteiger charge is 2.25. The fraction of sp³-hybridized carbons (Fsp3) is 0.350. The maximum Gasteiger partial charge on any atom is 0.242 e. The number of aryl methyl sites for hydroxylation is 2. The van der Waals surface area contributed by atoms with Crippen molar-refractivity contribution >= 4 is 33.4 Å². The van der Waals surface area contributed by atoms with E-state index >= 15 is 0 Å². The molecule has 27 heavy (non-hydrogen) atoms. The van der Waals surface area contributed by atoms with Gasteiger partial charge in [-0.1, -0.05) is 36.8 Å². The Hall–Kier alpha value is -1.83. The Kier molecular flexibility index (Phi) is 7.89. The number of anilines is 1. The van der Waals surface area contributed by atoms with Crippen LogP contribution in [0.25, 0.3) is 0 Å². The topological polar surface area (TPSA) is 75.3 Å². The molecule has 1 unspecified atom stereocenters. The van der Waals surface area contributed by atoms with Crippen LogP contribution in [0, 0.1) is 6.92 Å². The Balaban J connectivity index is 2.14. The lowest BCUT2D eigenvalue weighted by molar-refractivity contribution is -0.117. The first-order valence-electron chi connectivity index (χ1n) is 8.83. The minimum absolute atomic E-state index is 0.155. The van der Waals surface area contributed by atoms with Crippen LogP contribution in [0.4, 0.5) is 5.69 Å². The van der Waals surface area contributed by atoms with Gasteiger partial charge in [0.15, 0.2) is 0 Å². The summed E-state index contributed by atoms with van der Waals surface area (Å²) in [6, 6.07) is 13.3. The van der Waals surface area contributed by atoms with Crippen molar-refractivity contribution in [3.8, 4) is 0 Å². The van der Waals surface area contributed by atoms with Gasteiger partial charge in [0.1, 0.15) is 6.04 Å². The molecule has 0 aliphatic heterocycles. The summed E-state index contributed by atoms with van der Waals surface area (Å²) in [7, 11) is -3.77. The lowest BCUT2D eigenvalue weighted by Gasteiger charge is -2.18. The van der Waals surface area contributed by atoms with Gasteiger partial charge in [-0.25, -0.2) is 8.42 Å². The van der Waals surface area contributed by atoms with Gasteiger partial charge in [0.2, 0.25) is 15.9 Å². The van der Waals surface area contributed by atoms with Crippen molar-refractivity contribution in [1.29, 1.82) is 0 Å². The molecule has 0 bridgehead atoms. The van der Waals surface area contributed by atoms with Gasteiger partial charge in [0.05, 0.1) is 4.90 Å². The van der Waals surface area contributed by atoms with Crippen molar-refractivity contribution in [2.24, 2.45) is 0 Å². The second-order valence-corrected chi connectivity index (χ2v) is 9.01. The number of benzene rings is 2. The molecule has 0 spiro atoms. The SMILES string of the molecule is CCc1ccc(NC(=O)C(CCSC)NS(=O)(=O)c2ccc(C)cc2)cc1. The first-order valence-corrected chi connectivity index (χ1v) is 11.7. The molecule has 2 aromatic carbocycles. The molecule has 1 amide bonds. The third kappa shape index (κ3) is 6.37. The average Bonchev–Trinajstić information content (AvgIpc) is 2.66. The number of nitrogens with one attached hydrogen (secondary N) is 2. The summed E-state index contributed by atoms with van der Waals surface area (Å²) in [6.45, 7) is 3.95. The molecule has 0 aromatic heterocycles. The van der Waals surface area contributed by atoms with E-state index in [2.05, 4.69) is 17.0 Å². The number of sulfonamides is 1. The Morgan fingerprint density at radius 1 is 1.07 bits per heavy atom. The highest BCUT2D eigenvalue weighted by molar-refractivity contribution is 7.98. The van der Waals surface area contributed by atoms with Gasteiger partial charge in [-0.15, -0.1) is 0 Å². The molecule has 0 aliphatic carbocycles. The summed E-state index contributed by atoms with van der Waals surface area (Å²) in [5.41, 5.74) is 2.80. The van der Waals surface area contributed by atoms with Gasteiger partial charge in [-0.2, -0.15) is 16.5 Å². The predicted molar refractivity (Wildman–Crippen MR) is 113 cm³/mol.